The number of hydrogen-bond donors (Lipinski definition) is 1. The maximum Gasteiger partial charge on any atom is 0.226 e. The van der Waals surface area contributed by atoms with Crippen LogP contribution in [0.2, 0.25) is 0 Å². The molecule has 1 aliphatic carbocycles. The third kappa shape index (κ3) is 3.77. The summed E-state index contributed by atoms with van der Waals surface area (Å²) in [6.45, 7) is 6.65. The molecule has 126 valence electrons. The Hall–Kier alpha value is -1.76. The van der Waals surface area contributed by atoms with Crippen molar-refractivity contribution in [1.29, 1.82) is 0 Å². The molecule has 0 amide bonds. The molecule has 0 bridgehead atoms. The Labute approximate surface area is 136 Å². The molecule has 2 heterocycles. The molecule has 0 aromatic carbocycles. The van der Waals surface area contributed by atoms with Crippen LogP contribution < -0.4 is 5.32 Å². The first kappa shape index (κ1) is 16.1. The number of hydrogen-bond acceptors (Lipinski definition) is 7. The maximum absolute atomic E-state index is 5.31. The van der Waals surface area contributed by atoms with Gasteiger partial charge in [0.1, 0.15) is 0 Å². The van der Waals surface area contributed by atoms with Crippen LogP contribution in [-0.2, 0) is 18.5 Å². The van der Waals surface area contributed by atoms with Gasteiger partial charge in [0.15, 0.2) is 11.6 Å². The molecular weight excluding hydrogens is 294 g/mol. The summed E-state index contributed by atoms with van der Waals surface area (Å²) < 4.78 is 10.5. The number of aryl methyl sites for hydroxylation is 1. The highest BCUT2D eigenvalue weighted by Gasteiger charge is 2.38. The molecule has 1 aliphatic rings. The van der Waals surface area contributed by atoms with Crippen LogP contribution in [-0.4, -0.2) is 20.3 Å². The Bertz CT molecular complexity index is 628. The van der Waals surface area contributed by atoms with E-state index in [0.717, 1.165) is 37.9 Å². The third-order valence-corrected chi connectivity index (χ3v) is 4.34. The lowest BCUT2D eigenvalue weighted by atomic mass is 9.81. The fourth-order valence-corrected chi connectivity index (χ4v) is 3.17. The summed E-state index contributed by atoms with van der Waals surface area (Å²) >= 11 is 0. The highest BCUT2D eigenvalue weighted by Crippen LogP contribution is 2.35. The van der Waals surface area contributed by atoms with E-state index in [2.05, 4.69) is 39.4 Å². The van der Waals surface area contributed by atoms with Crippen LogP contribution in [0, 0.1) is 12.8 Å². The van der Waals surface area contributed by atoms with Gasteiger partial charge >= 0.3 is 0 Å². The first-order chi connectivity index (χ1) is 11.1. The lowest BCUT2D eigenvalue weighted by Crippen LogP contribution is -2.44. The van der Waals surface area contributed by atoms with Crippen LogP contribution in [0.3, 0.4) is 0 Å². The molecule has 1 saturated carbocycles. The van der Waals surface area contributed by atoms with Crippen LogP contribution in [0.5, 0.6) is 0 Å². The molecule has 23 heavy (non-hydrogen) atoms. The van der Waals surface area contributed by atoms with Crippen LogP contribution in [0.15, 0.2) is 9.05 Å². The molecule has 0 radical (unpaired) electrons. The van der Waals surface area contributed by atoms with Crippen molar-refractivity contribution >= 4 is 0 Å². The molecule has 3 rings (SSSR count). The molecule has 0 saturated heterocycles. The Morgan fingerprint density at radius 3 is 2.52 bits per heavy atom. The van der Waals surface area contributed by atoms with Gasteiger partial charge in [0.25, 0.3) is 0 Å². The highest BCUT2D eigenvalue weighted by molar-refractivity contribution is 5.07. The van der Waals surface area contributed by atoms with E-state index < -0.39 is 0 Å². The second kappa shape index (κ2) is 6.78. The quantitative estimate of drug-likeness (QED) is 0.875. The van der Waals surface area contributed by atoms with Crippen molar-refractivity contribution in [3.63, 3.8) is 0 Å². The molecule has 1 N–H and O–H groups in total. The predicted octanol–water partition coefficient (Wildman–Crippen LogP) is 2.91. The van der Waals surface area contributed by atoms with E-state index in [0.29, 0.717) is 30.1 Å². The fraction of sp³-hybridized carbons (Fsp3) is 0.750. The molecule has 2 aromatic rings. The fourth-order valence-electron chi connectivity index (χ4n) is 3.17. The molecule has 7 nitrogen and oxygen atoms in total. The predicted molar refractivity (Wildman–Crippen MR) is 83.5 cm³/mol. The summed E-state index contributed by atoms with van der Waals surface area (Å²) in [5, 5.41) is 11.8. The van der Waals surface area contributed by atoms with Gasteiger partial charge in [0, 0.05) is 13.3 Å². The summed E-state index contributed by atoms with van der Waals surface area (Å²) in [5.41, 5.74) is -0.241. The number of nitrogens with zero attached hydrogens (tertiary/aromatic N) is 4. The van der Waals surface area contributed by atoms with E-state index >= 15 is 0 Å². The molecular formula is C16H25N5O2. The molecule has 0 spiro atoms. The van der Waals surface area contributed by atoms with E-state index in [4.69, 9.17) is 9.05 Å². The van der Waals surface area contributed by atoms with Crippen LogP contribution in [0.1, 0.15) is 69.4 Å². The summed E-state index contributed by atoms with van der Waals surface area (Å²) in [7, 11) is 0. The summed E-state index contributed by atoms with van der Waals surface area (Å²) in [5.74, 6) is 3.24. The van der Waals surface area contributed by atoms with Gasteiger partial charge in [-0.05, 0) is 18.8 Å². The average Bonchev–Trinajstić information content (AvgIpc) is 3.15. The van der Waals surface area contributed by atoms with Crippen molar-refractivity contribution < 1.29 is 9.05 Å². The highest BCUT2D eigenvalue weighted by atomic mass is 16.5. The third-order valence-electron chi connectivity index (χ3n) is 4.34. The van der Waals surface area contributed by atoms with Gasteiger partial charge in [-0.2, -0.15) is 9.97 Å². The first-order valence-corrected chi connectivity index (χ1v) is 8.45. The Morgan fingerprint density at radius 2 is 1.87 bits per heavy atom. The topological polar surface area (TPSA) is 89.9 Å². The van der Waals surface area contributed by atoms with Gasteiger partial charge in [-0.1, -0.05) is 43.4 Å². The zero-order valence-electron chi connectivity index (χ0n) is 14.1. The standard InChI is InChI=1S/C16H25N5O2/c1-11(2)9-14-19-13(20-23-14)10-17-16(7-5-4-6-8-16)15-18-12(3)22-21-15/h11,17H,4-10H2,1-3H3. The van der Waals surface area contributed by atoms with Crippen LogP contribution in [0.25, 0.3) is 0 Å². The smallest absolute Gasteiger partial charge is 0.226 e. The number of nitrogens with one attached hydrogen (secondary N) is 1. The lowest BCUT2D eigenvalue weighted by Gasteiger charge is -2.35. The molecule has 1 fully saturated rings. The van der Waals surface area contributed by atoms with Gasteiger partial charge in [-0.15, -0.1) is 0 Å². The van der Waals surface area contributed by atoms with E-state index in [-0.39, 0.29) is 5.54 Å². The summed E-state index contributed by atoms with van der Waals surface area (Å²) in [6, 6.07) is 0. The van der Waals surface area contributed by atoms with Crippen molar-refractivity contribution in [1.82, 2.24) is 25.6 Å². The van der Waals surface area contributed by atoms with E-state index in [1.807, 2.05) is 6.92 Å². The zero-order chi connectivity index (χ0) is 16.3. The van der Waals surface area contributed by atoms with Gasteiger partial charge in [0.2, 0.25) is 11.8 Å². The summed E-state index contributed by atoms with van der Waals surface area (Å²) in [6.07, 6.45) is 6.38. The minimum Gasteiger partial charge on any atom is -0.340 e. The Morgan fingerprint density at radius 1 is 1.09 bits per heavy atom. The zero-order valence-corrected chi connectivity index (χ0v) is 14.1. The van der Waals surface area contributed by atoms with Gasteiger partial charge in [-0.25, -0.2) is 0 Å². The van der Waals surface area contributed by atoms with E-state index in [9.17, 15) is 0 Å². The van der Waals surface area contributed by atoms with Crippen LogP contribution in [0.4, 0.5) is 0 Å². The Balaban J connectivity index is 1.70. The van der Waals surface area contributed by atoms with E-state index in [1.54, 1.807) is 0 Å². The normalized spacial score (nSPS) is 17.7. The molecule has 2 aromatic heterocycles. The van der Waals surface area contributed by atoms with Crippen molar-refractivity contribution in [3.8, 4) is 0 Å². The van der Waals surface area contributed by atoms with Gasteiger partial charge < -0.3 is 9.05 Å². The lowest BCUT2D eigenvalue weighted by molar-refractivity contribution is 0.208. The van der Waals surface area contributed by atoms with Crippen LogP contribution >= 0.6 is 0 Å². The molecule has 0 aliphatic heterocycles. The monoisotopic (exact) mass is 319 g/mol. The largest absolute Gasteiger partial charge is 0.340 e. The number of rotatable bonds is 6. The number of aromatic nitrogens is 4. The molecule has 0 atom stereocenters. The minimum absolute atomic E-state index is 0.241. The summed E-state index contributed by atoms with van der Waals surface area (Å²) in [4.78, 5) is 8.92. The minimum atomic E-state index is -0.241. The van der Waals surface area contributed by atoms with Crippen molar-refractivity contribution in [2.24, 2.45) is 5.92 Å². The van der Waals surface area contributed by atoms with Gasteiger partial charge in [0.05, 0.1) is 12.1 Å². The van der Waals surface area contributed by atoms with Crippen molar-refractivity contribution in [3.05, 3.63) is 23.4 Å². The van der Waals surface area contributed by atoms with Crippen molar-refractivity contribution in [2.75, 3.05) is 0 Å². The first-order valence-electron chi connectivity index (χ1n) is 8.45. The second-order valence-corrected chi connectivity index (χ2v) is 6.84. The van der Waals surface area contributed by atoms with E-state index in [1.165, 1.54) is 6.42 Å². The average molecular weight is 319 g/mol. The molecule has 7 heteroatoms. The Kier molecular flexibility index (Phi) is 4.75. The SMILES string of the molecule is Cc1nc(C2(NCc3noc(CC(C)C)n3)CCCCC2)no1. The maximum atomic E-state index is 5.31. The van der Waals surface area contributed by atoms with Crippen molar-refractivity contribution in [2.45, 2.75) is 71.4 Å². The van der Waals surface area contributed by atoms with Gasteiger partial charge in [-0.3, -0.25) is 5.32 Å². The molecule has 0 unspecified atom stereocenters. The second-order valence-electron chi connectivity index (χ2n) is 6.84.